The molecule has 0 bridgehead atoms. The van der Waals surface area contributed by atoms with E-state index in [1.807, 2.05) is 12.1 Å². The average molecular weight is 259 g/mol. The predicted molar refractivity (Wildman–Crippen MR) is 73.5 cm³/mol. The van der Waals surface area contributed by atoms with Crippen LogP contribution >= 0.6 is 0 Å². The van der Waals surface area contributed by atoms with Crippen LogP contribution in [-0.4, -0.2) is 11.1 Å². The summed E-state index contributed by atoms with van der Waals surface area (Å²) in [5.74, 6) is 0.0297. The van der Waals surface area contributed by atoms with Crippen LogP contribution in [0.4, 0.5) is 5.69 Å². The zero-order valence-corrected chi connectivity index (χ0v) is 11.0. The van der Waals surface area contributed by atoms with Crippen molar-refractivity contribution in [1.29, 1.82) is 0 Å². The molecule has 0 aliphatic heterocycles. The molecule has 0 atom stereocenters. The molecule has 19 heavy (non-hydrogen) atoms. The summed E-state index contributed by atoms with van der Waals surface area (Å²) in [6, 6.07) is 11.3. The summed E-state index contributed by atoms with van der Waals surface area (Å²) >= 11 is 0. The van der Waals surface area contributed by atoms with Gasteiger partial charge in [-0.2, -0.15) is 0 Å². The molecule has 1 heterocycles. The first-order chi connectivity index (χ1) is 9.06. The van der Waals surface area contributed by atoms with Gasteiger partial charge in [0.15, 0.2) is 0 Å². The standard InChI is InChI=1S/C15H17NO3/c1-10(2)11-3-5-12(6-4-11)16-9-13-7-8-14(19-13)15(17)18/h3-8,10,16H,9H2,1-2H3,(H,17,18). The van der Waals surface area contributed by atoms with Crippen LogP contribution in [0, 0.1) is 0 Å². The van der Waals surface area contributed by atoms with E-state index in [1.165, 1.54) is 11.6 Å². The van der Waals surface area contributed by atoms with E-state index in [1.54, 1.807) is 6.07 Å². The number of hydrogen-bond acceptors (Lipinski definition) is 3. The Kier molecular flexibility index (Phi) is 3.90. The predicted octanol–water partition coefficient (Wildman–Crippen LogP) is 3.71. The fourth-order valence-electron chi connectivity index (χ4n) is 1.76. The van der Waals surface area contributed by atoms with E-state index >= 15 is 0 Å². The van der Waals surface area contributed by atoms with Crippen molar-refractivity contribution in [3.8, 4) is 0 Å². The van der Waals surface area contributed by atoms with E-state index in [0.29, 0.717) is 18.2 Å². The zero-order chi connectivity index (χ0) is 13.8. The highest BCUT2D eigenvalue weighted by molar-refractivity contribution is 5.84. The molecule has 0 saturated carbocycles. The summed E-state index contributed by atoms with van der Waals surface area (Å²) in [6.07, 6.45) is 0. The lowest BCUT2D eigenvalue weighted by molar-refractivity contribution is 0.0660. The smallest absolute Gasteiger partial charge is 0.371 e. The first kappa shape index (κ1) is 13.2. The topological polar surface area (TPSA) is 62.5 Å². The Morgan fingerprint density at radius 2 is 1.89 bits per heavy atom. The Morgan fingerprint density at radius 3 is 2.42 bits per heavy atom. The molecule has 4 nitrogen and oxygen atoms in total. The molecule has 0 spiro atoms. The van der Waals surface area contributed by atoms with Crippen molar-refractivity contribution in [2.24, 2.45) is 0 Å². The van der Waals surface area contributed by atoms with Crippen LogP contribution in [0.5, 0.6) is 0 Å². The second kappa shape index (κ2) is 5.61. The van der Waals surface area contributed by atoms with Crippen LogP contribution in [0.1, 0.15) is 41.6 Å². The lowest BCUT2D eigenvalue weighted by Crippen LogP contribution is -1.99. The quantitative estimate of drug-likeness (QED) is 0.859. The Morgan fingerprint density at radius 1 is 1.21 bits per heavy atom. The van der Waals surface area contributed by atoms with Gasteiger partial charge in [0.05, 0.1) is 6.54 Å². The van der Waals surface area contributed by atoms with Crippen molar-refractivity contribution in [3.05, 3.63) is 53.5 Å². The molecule has 2 rings (SSSR count). The first-order valence-electron chi connectivity index (χ1n) is 6.22. The SMILES string of the molecule is CC(C)c1ccc(NCc2ccc(C(=O)O)o2)cc1. The molecule has 1 aromatic carbocycles. The largest absolute Gasteiger partial charge is 0.475 e. The molecule has 0 unspecified atom stereocenters. The van der Waals surface area contributed by atoms with Gasteiger partial charge in [0.1, 0.15) is 5.76 Å². The Labute approximate surface area is 112 Å². The molecule has 1 aromatic heterocycles. The number of carboxylic acids is 1. The fourth-order valence-corrected chi connectivity index (χ4v) is 1.76. The first-order valence-corrected chi connectivity index (χ1v) is 6.22. The van der Waals surface area contributed by atoms with Gasteiger partial charge >= 0.3 is 5.97 Å². The summed E-state index contributed by atoms with van der Waals surface area (Å²) in [5, 5.41) is 11.9. The summed E-state index contributed by atoms with van der Waals surface area (Å²) in [5.41, 5.74) is 2.27. The van der Waals surface area contributed by atoms with Crippen LogP contribution in [0.15, 0.2) is 40.8 Å². The monoisotopic (exact) mass is 259 g/mol. The van der Waals surface area contributed by atoms with Crippen molar-refractivity contribution in [2.75, 3.05) is 5.32 Å². The Bertz CT molecular complexity index is 555. The van der Waals surface area contributed by atoms with Crippen LogP contribution in [0.3, 0.4) is 0 Å². The number of nitrogens with one attached hydrogen (secondary N) is 1. The second-order valence-corrected chi connectivity index (χ2v) is 4.70. The number of carbonyl (C=O) groups is 1. The summed E-state index contributed by atoms with van der Waals surface area (Å²) in [4.78, 5) is 10.7. The summed E-state index contributed by atoms with van der Waals surface area (Å²) < 4.78 is 5.17. The molecule has 0 amide bonds. The minimum atomic E-state index is -1.05. The lowest BCUT2D eigenvalue weighted by atomic mass is 10.0. The van der Waals surface area contributed by atoms with Gasteiger partial charge in [0, 0.05) is 5.69 Å². The Hall–Kier alpha value is -2.23. The third-order valence-electron chi connectivity index (χ3n) is 2.92. The number of benzene rings is 1. The fraction of sp³-hybridized carbons (Fsp3) is 0.267. The number of rotatable bonds is 5. The molecule has 2 N–H and O–H groups in total. The van der Waals surface area contributed by atoms with Crippen molar-refractivity contribution in [2.45, 2.75) is 26.3 Å². The molecule has 0 aliphatic rings. The van der Waals surface area contributed by atoms with Crippen LogP contribution in [-0.2, 0) is 6.54 Å². The van der Waals surface area contributed by atoms with Gasteiger partial charge in [-0.15, -0.1) is 0 Å². The minimum absolute atomic E-state index is 0.0352. The van der Waals surface area contributed by atoms with Crippen molar-refractivity contribution >= 4 is 11.7 Å². The van der Waals surface area contributed by atoms with E-state index in [0.717, 1.165) is 5.69 Å². The molecule has 0 aliphatic carbocycles. The van der Waals surface area contributed by atoms with E-state index < -0.39 is 5.97 Å². The molecular formula is C15H17NO3. The molecular weight excluding hydrogens is 242 g/mol. The second-order valence-electron chi connectivity index (χ2n) is 4.70. The van der Waals surface area contributed by atoms with Crippen molar-refractivity contribution in [1.82, 2.24) is 0 Å². The van der Waals surface area contributed by atoms with Gasteiger partial charge < -0.3 is 14.8 Å². The molecule has 0 fully saturated rings. The lowest BCUT2D eigenvalue weighted by Gasteiger charge is -2.08. The maximum absolute atomic E-state index is 10.7. The van der Waals surface area contributed by atoms with E-state index in [4.69, 9.17) is 9.52 Å². The highest BCUT2D eigenvalue weighted by Crippen LogP contribution is 2.18. The normalized spacial score (nSPS) is 10.7. The zero-order valence-electron chi connectivity index (χ0n) is 11.0. The highest BCUT2D eigenvalue weighted by atomic mass is 16.4. The van der Waals surface area contributed by atoms with Gasteiger partial charge in [0.25, 0.3) is 0 Å². The Balaban J connectivity index is 1.96. The number of aromatic carboxylic acids is 1. The molecule has 0 radical (unpaired) electrons. The van der Waals surface area contributed by atoms with E-state index in [-0.39, 0.29) is 5.76 Å². The minimum Gasteiger partial charge on any atom is -0.475 e. The average Bonchev–Trinajstić information content (AvgIpc) is 2.86. The van der Waals surface area contributed by atoms with Gasteiger partial charge in [0.2, 0.25) is 5.76 Å². The van der Waals surface area contributed by atoms with Crippen LogP contribution in [0.25, 0.3) is 0 Å². The number of hydrogen-bond donors (Lipinski definition) is 2. The van der Waals surface area contributed by atoms with E-state index in [9.17, 15) is 4.79 Å². The summed E-state index contributed by atoms with van der Waals surface area (Å²) in [6.45, 7) is 4.77. The van der Waals surface area contributed by atoms with Gasteiger partial charge in [-0.05, 0) is 35.7 Å². The molecule has 4 heteroatoms. The maximum atomic E-state index is 10.7. The van der Waals surface area contributed by atoms with Crippen molar-refractivity contribution in [3.63, 3.8) is 0 Å². The molecule has 0 saturated heterocycles. The number of carboxylic acid groups (broad SMARTS) is 1. The molecule has 2 aromatic rings. The van der Waals surface area contributed by atoms with Gasteiger partial charge in [-0.25, -0.2) is 4.79 Å². The number of anilines is 1. The van der Waals surface area contributed by atoms with Gasteiger partial charge in [-0.1, -0.05) is 26.0 Å². The molecule has 100 valence electrons. The van der Waals surface area contributed by atoms with E-state index in [2.05, 4.69) is 31.3 Å². The number of furan rings is 1. The third kappa shape index (κ3) is 3.37. The highest BCUT2D eigenvalue weighted by Gasteiger charge is 2.08. The summed E-state index contributed by atoms with van der Waals surface area (Å²) in [7, 11) is 0. The maximum Gasteiger partial charge on any atom is 0.371 e. The van der Waals surface area contributed by atoms with Crippen LogP contribution in [0.2, 0.25) is 0 Å². The van der Waals surface area contributed by atoms with Crippen molar-refractivity contribution < 1.29 is 14.3 Å². The van der Waals surface area contributed by atoms with Crippen LogP contribution < -0.4 is 5.32 Å². The van der Waals surface area contributed by atoms with Gasteiger partial charge in [-0.3, -0.25) is 0 Å². The third-order valence-corrected chi connectivity index (χ3v) is 2.92.